The minimum Gasteiger partial charge on any atom is -0.309 e. The standard InChI is InChI=1S/C51H32N4S/c1-4-14-33(15-5-1)49-52-50(34-16-6-2-7-17-34)54-51(53-49)38-27-29-47-44(32-38)42-24-13-23-40(48(42)56-47)37-19-12-18-35(30-37)36-26-28-46-43(31-36)41-22-10-11-25-45(41)55(46)39-20-8-3-9-21-39/h1-32H. The van der Waals surface area contributed by atoms with Crippen molar-refractivity contribution >= 4 is 53.3 Å². The van der Waals surface area contributed by atoms with Crippen molar-refractivity contribution in [3.63, 3.8) is 0 Å². The Labute approximate surface area is 327 Å². The second-order valence-electron chi connectivity index (χ2n) is 14.0. The van der Waals surface area contributed by atoms with Crippen LogP contribution in [0.5, 0.6) is 0 Å². The van der Waals surface area contributed by atoms with Crippen LogP contribution in [-0.4, -0.2) is 19.5 Å². The summed E-state index contributed by atoms with van der Waals surface area (Å²) < 4.78 is 4.86. The molecule has 0 aliphatic rings. The van der Waals surface area contributed by atoms with E-state index in [0.717, 1.165) is 16.7 Å². The van der Waals surface area contributed by atoms with Crippen molar-refractivity contribution < 1.29 is 0 Å². The Morgan fingerprint density at radius 1 is 0.339 bits per heavy atom. The highest BCUT2D eigenvalue weighted by Gasteiger charge is 2.17. The first-order valence-corrected chi connectivity index (χ1v) is 19.6. The summed E-state index contributed by atoms with van der Waals surface area (Å²) in [6.45, 7) is 0. The van der Waals surface area contributed by atoms with Crippen LogP contribution in [-0.2, 0) is 0 Å². The molecule has 0 amide bonds. The minimum absolute atomic E-state index is 0.659. The molecule has 0 fully saturated rings. The fraction of sp³-hybridized carbons (Fsp3) is 0. The lowest BCUT2D eigenvalue weighted by molar-refractivity contribution is 1.07. The summed E-state index contributed by atoms with van der Waals surface area (Å²) in [7, 11) is 0. The van der Waals surface area contributed by atoms with E-state index in [2.05, 4.69) is 138 Å². The number of aromatic nitrogens is 4. The SMILES string of the molecule is c1ccc(-c2nc(-c3ccccc3)nc(-c3ccc4sc5c(-c6cccc(-c7ccc8c(c7)c7ccccc7n8-c7ccccc7)c6)cccc5c4c3)n2)cc1. The van der Waals surface area contributed by atoms with E-state index < -0.39 is 0 Å². The zero-order chi connectivity index (χ0) is 37.0. The fourth-order valence-electron chi connectivity index (χ4n) is 7.98. The molecule has 11 rings (SSSR count). The van der Waals surface area contributed by atoms with Crippen LogP contribution in [0.2, 0.25) is 0 Å². The zero-order valence-electron chi connectivity index (χ0n) is 30.2. The summed E-state index contributed by atoms with van der Waals surface area (Å²) in [6, 6.07) is 68.7. The normalized spacial score (nSPS) is 11.6. The van der Waals surface area contributed by atoms with Crippen LogP contribution in [0.3, 0.4) is 0 Å². The number of rotatable bonds is 6. The molecule has 0 unspecified atom stereocenters. The second kappa shape index (κ2) is 13.3. The molecule has 0 N–H and O–H groups in total. The van der Waals surface area contributed by atoms with Gasteiger partial charge >= 0.3 is 0 Å². The van der Waals surface area contributed by atoms with Crippen LogP contribution in [0.4, 0.5) is 0 Å². The van der Waals surface area contributed by atoms with Crippen molar-refractivity contribution in [2.75, 3.05) is 0 Å². The summed E-state index contributed by atoms with van der Waals surface area (Å²) in [6.07, 6.45) is 0. The topological polar surface area (TPSA) is 43.6 Å². The van der Waals surface area contributed by atoms with Gasteiger partial charge in [0, 0.05) is 53.3 Å². The number of nitrogens with zero attached hydrogens (tertiary/aromatic N) is 4. The van der Waals surface area contributed by atoms with E-state index >= 15 is 0 Å². The van der Waals surface area contributed by atoms with Gasteiger partial charge in [-0.25, -0.2) is 15.0 Å². The van der Waals surface area contributed by atoms with Gasteiger partial charge in [-0.1, -0.05) is 140 Å². The molecule has 5 heteroatoms. The second-order valence-corrected chi connectivity index (χ2v) is 15.1. The zero-order valence-corrected chi connectivity index (χ0v) is 31.0. The van der Waals surface area contributed by atoms with Gasteiger partial charge in [-0.05, 0) is 76.9 Å². The molecule has 3 aromatic heterocycles. The van der Waals surface area contributed by atoms with Crippen molar-refractivity contribution in [2.45, 2.75) is 0 Å². The van der Waals surface area contributed by atoms with Gasteiger partial charge in [0.05, 0.1) is 11.0 Å². The quantitative estimate of drug-likeness (QED) is 0.171. The molecule has 11 aromatic rings. The molecule has 0 spiro atoms. The highest BCUT2D eigenvalue weighted by atomic mass is 32.1. The van der Waals surface area contributed by atoms with Crippen molar-refractivity contribution in [1.29, 1.82) is 0 Å². The third-order valence-electron chi connectivity index (χ3n) is 10.6. The molecule has 262 valence electrons. The Morgan fingerprint density at radius 2 is 0.875 bits per heavy atom. The molecular weight excluding hydrogens is 701 g/mol. The highest BCUT2D eigenvalue weighted by molar-refractivity contribution is 7.26. The van der Waals surface area contributed by atoms with E-state index in [-0.39, 0.29) is 0 Å². The van der Waals surface area contributed by atoms with Crippen molar-refractivity contribution in [2.24, 2.45) is 0 Å². The third kappa shape index (κ3) is 5.48. The average Bonchev–Trinajstić information content (AvgIpc) is 3.82. The van der Waals surface area contributed by atoms with Crippen LogP contribution in [0.25, 0.3) is 104 Å². The lowest BCUT2D eigenvalue weighted by atomic mass is 9.97. The largest absolute Gasteiger partial charge is 0.309 e. The first kappa shape index (κ1) is 32.2. The summed E-state index contributed by atoms with van der Waals surface area (Å²) in [4.78, 5) is 14.9. The molecule has 0 bridgehead atoms. The van der Waals surface area contributed by atoms with Crippen LogP contribution in [0.1, 0.15) is 0 Å². The molecule has 3 heterocycles. The van der Waals surface area contributed by atoms with Crippen molar-refractivity contribution in [3.05, 3.63) is 194 Å². The maximum atomic E-state index is 5.01. The van der Waals surface area contributed by atoms with Crippen LogP contribution in [0, 0.1) is 0 Å². The van der Waals surface area contributed by atoms with Crippen molar-refractivity contribution in [1.82, 2.24) is 19.5 Å². The molecule has 0 atom stereocenters. The summed E-state index contributed by atoms with van der Waals surface area (Å²) >= 11 is 1.84. The molecule has 8 aromatic carbocycles. The van der Waals surface area contributed by atoms with Gasteiger partial charge in [0.25, 0.3) is 0 Å². The van der Waals surface area contributed by atoms with Crippen LogP contribution in [0.15, 0.2) is 194 Å². The summed E-state index contributed by atoms with van der Waals surface area (Å²) in [5.41, 5.74) is 11.3. The number of hydrogen-bond donors (Lipinski definition) is 0. The Kier molecular flexibility index (Phi) is 7.64. The van der Waals surface area contributed by atoms with Crippen LogP contribution >= 0.6 is 11.3 Å². The van der Waals surface area contributed by atoms with Gasteiger partial charge < -0.3 is 4.57 Å². The molecule has 0 aliphatic heterocycles. The van der Waals surface area contributed by atoms with E-state index in [4.69, 9.17) is 15.0 Å². The van der Waals surface area contributed by atoms with Crippen molar-refractivity contribution in [3.8, 4) is 62.1 Å². The maximum absolute atomic E-state index is 5.01. The molecule has 0 radical (unpaired) electrons. The summed E-state index contributed by atoms with van der Waals surface area (Å²) in [5, 5.41) is 4.93. The number of hydrogen-bond acceptors (Lipinski definition) is 4. The molecule has 0 saturated heterocycles. The smallest absolute Gasteiger partial charge is 0.164 e. The van der Waals surface area contributed by atoms with Gasteiger partial charge in [-0.15, -0.1) is 11.3 Å². The van der Waals surface area contributed by atoms with Gasteiger partial charge in [0.1, 0.15) is 0 Å². The Morgan fingerprint density at radius 3 is 1.62 bits per heavy atom. The Bertz CT molecular complexity index is 3180. The Balaban J connectivity index is 1.01. The number of thiophene rings is 1. The molecule has 4 nitrogen and oxygen atoms in total. The maximum Gasteiger partial charge on any atom is 0.164 e. The van der Waals surface area contributed by atoms with Gasteiger partial charge in [-0.2, -0.15) is 0 Å². The van der Waals surface area contributed by atoms with E-state index in [1.807, 2.05) is 72.0 Å². The number of benzene rings is 8. The lowest BCUT2D eigenvalue weighted by Crippen LogP contribution is -2.00. The minimum atomic E-state index is 0.659. The monoisotopic (exact) mass is 732 g/mol. The Hall–Kier alpha value is -7.21. The lowest BCUT2D eigenvalue weighted by Gasteiger charge is -2.09. The predicted octanol–water partition coefficient (Wildman–Crippen LogP) is 13.7. The highest BCUT2D eigenvalue weighted by Crippen LogP contribution is 2.42. The summed E-state index contributed by atoms with van der Waals surface area (Å²) in [5.74, 6) is 1.98. The third-order valence-corrected chi connectivity index (χ3v) is 11.9. The first-order chi connectivity index (χ1) is 27.7. The van der Waals surface area contributed by atoms with Gasteiger partial charge in [0.2, 0.25) is 0 Å². The van der Waals surface area contributed by atoms with Gasteiger partial charge in [-0.3, -0.25) is 0 Å². The molecule has 0 saturated carbocycles. The van der Waals surface area contributed by atoms with E-state index in [1.54, 1.807) is 0 Å². The first-order valence-electron chi connectivity index (χ1n) is 18.8. The average molecular weight is 733 g/mol. The van der Waals surface area contributed by atoms with Crippen LogP contribution < -0.4 is 0 Å². The van der Waals surface area contributed by atoms with E-state index in [9.17, 15) is 0 Å². The molecular formula is C51H32N4S. The number of fused-ring (bicyclic) bond motifs is 6. The van der Waals surface area contributed by atoms with Gasteiger partial charge in [0.15, 0.2) is 17.5 Å². The molecule has 56 heavy (non-hydrogen) atoms. The van der Waals surface area contributed by atoms with E-state index in [0.29, 0.717) is 17.5 Å². The van der Waals surface area contributed by atoms with E-state index in [1.165, 1.54) is 69.9 Å². The predicted molar refractivity (Wildman–Crippen MR) is 234 cm³/mol. The molecule has 0 aliphatic carbocycles. The fourth-order valence-corrected chi connectivity index (χ4v) is 9.20. The number of para-hydroxylation sites is 2.